The highest BCUT2D eigenvalue weighted by molar-refractivity contribution is 7.92. The summed E-state index contributed by atoms with van der Waals surface area (Å²) in [5.74, 6) is -0.289. The number of aryl methyl sites for hydroxylation is 1. The smallest absolute Gasteiger partial charge is 0.240 e. The number of piperazine rings is 1. The number of sulfone groups is 1. The average molecular weight is 324 g/mol. The summed E-state index contributed by atoms with van der Waals surface area (Å²) in [6.07, 6.45) is 1.11. The van der Waals surface area contributed by atoms with Crippen LogP contribution in [0.2, 0.25) is 0 Å². The number of amides is 1. The van der Waals surface area contributed by atoms with E-state index in [9.17, 15) is 13.2 Å². The van der Waals surface area contributed by atoms with E-state index in [1.54, 1.807) is 4.90 Å². The van der Waals surface area contributed by atoms with Gasteiger partial charge in [-0.25, -0.2) is 8.42 Å². The van der Waals surface area contributed by atoms with E-state index in [0.717, 1.165) is 19.3 Å². The fraction of sp³-hybridized carbons (Fsp3) is 0.562. The molecule has 5 nitrogen and oxygen atoms in total. The third-order valence-corrected chi connectivity index (χ3v) is 5.98. The molecule has 1 aliphatic heterocycles. The van der Waals surface area contributed by atoms with E-state index in [4.69, 9.17) is 0 Å². The van der Waals surface area contributed by atoms with Crippen molar-refractivity contribution in [3.63, 3.8) is 0 Å². The quantitative estimate of drug-likeness (QED) is 0.843. The van der Waals surface area contributed by atoms with Crippen molar-refractivity contribution in [3.8, 4) is 0 Å². The summed E-state index contributed by atoms with van der Waals surface area (Å²) in [6, 6.07) is 6.23. The van der Waals surface area contributed by atoms with Gasteiger partial charge >= 0.3 is 0 Å². The molecule has 1 heterocycles. The Balaban J connectivity index is 2.05. The Kier molecular flexibility index (Phi) is 4.80. The van der Waals surface area contributed by atoms with Gasteiger partial charge in [-0.1, -0.05) is 12.1 Å². The predicted molar refractivity (Wildman–Crippen MR) is 89.0 cm³/mol. The molecule has 1 aromatic carbocycles. The summed E-state index contributed by atoms with van der Waals surface area (Å²) >= 11 is 0. The number of carbonyl (C=O) groups excluding carboxylic acids is 1. The SMILES string of the molecule is Cc1cccc(N2CCN(C(=O)C(C)S(C)(=O)=O)CC2)c1C. The van der Waals surface area contributed by atoms with Crippen molar-refractivity contribution in [1.29, 1.82) is 0 Å². The normalized spacial score (nSPS) is 17.5. The van der Waals surface area contributed by atoms with Gasteiger partial charge in [0, 0.05) is 38.1 Å². The highest BCUT2D eigenvalue weighted by Crippen LogP contribution is 2.24. The molecule has 1 amide bonds. The van der Waals surface area contributed by atoms with E-state index in [1.165, 1.54) is 23.7 Å². The molecule has 1 aromatic rings. The van der Waals surface area contributed by atoms with E-state index >= 15 is 0 Å². The van der Waals surface area contributed by atoms with Gasteiger partial charge < -0.3 is 9.80 Å². The predicted octanol–water partition coefficient (Wildman–Crippen LogP) is 1.39. The number of benzene rings is 1. The molecule has 1 aliphatic rings. The van der Waals surface area contributed by atoms with Gasteiger partial charge in [-0.15, -0.1) is 0 Å². The van der Waals surface area contributed by atoms with Crippen LogP contribution in [-0.2, 0) is 14.6 Å². The molecular weight excluding hydrogens is 300 g/mol. The van der Waals surface area contributed by atoms with Gasteiger partial charge in [0.25, 0.3) is 0 Å². The van der Waals surface area contributed by atoms with Crippen molar-refractivity contribution < 1.29 is 13.2 Å². The second-order valence-corrected chi connectivity index (χ2v) is 8.37. The lowest BCUT2D eigenvalue weighted by molar-refractivity contribution is -0.130. The first-order valence-corrected chi connectivity index (χ1v) is 9.46. The fourth-order valence-corrected chi connectivity index (χ4v) is 3.20. The molecule has 1 unspecified atom stereocenters. The van der Waals surface area contributed by atoms with Crippen molar-refractivity contribution in [2.75, 3.05) is 37.3 Å². The van der Waals surface area contributed by atoms with Crippen molar-refractivity contribution >= 4 is 21.4 Å². The standard InChI is InChI=1S/C16H24N2O3S/c1-12-6-5-7-15(13(12)2)17-8-10-18(11-9-17)16(19)14(3)22(4,20)21/h5-7,14H,8-11H2,1-4H3. The Morgan fingerprint density at radius 2 is 1.73 bits per heavy atom. The van der Waals surface area contributed by atoms with Gasteiger partial charge in [-0.3, -0.25) is 4.79 Å². The number of hydrogen-bond donors (Lipinski definition) is 0. The zero-order valence-corrected chi connectivity index (χ0v) is 14.5. The number of anilines is 1. The second-order valence-electron chi connectivity index (χ2n) is 6.00. The number of carbonyl (C=O) groups is 1. The minimum absolute atomic E-state index is 0.289. The summed E-state index contributed by atoms with van der Waals surface area (Å²) in [4.78, 5) is 16.2. The van der Waals surface area contributed by atoms with Crippen molar-refractivity contribution in [2.45, 2.75) is 26.0 Å². The van der Waals surface area contributed by atoms with Crippen LogP contribution in [-0.4, -0.2) is 56.9 Å². The third kappa shape index (κ3) is 3.43. The van der Waals surface area contributed by atoms with Gasteiger partial charge in [-0.05, 0) is 38.0 Å². The molecule has 1 saturated heterocycles. The number of nitrogens with zero attached hydrogens (tertiary/aromatic N) is 2. The lowest BCUT2D eigenvalue weighted by atomic mass is 10.1. The Hall–Kier alpha value is -1.56. The van der Waals surface area contributed by atoms with Crippen LogP contribution < -0.4 is 4.90 Å². The number of hydrogen-bond acceptors (Lipinski definition) is 4. The molecule has 0 spiro atoms. The molecule has 6 heteroatoms. The molecule has 0 radical (unpaired) electrons. The monoisotopic (exact) mass is 324 g/mol. The Bertz CT molecular complexity index is 662. The van der Waals surface area contributed by atoms with Crippen LogP contribution >= 0.6 is 0 Å². The first kappa shape index (κ1) is 16.8. The summed E-state index contributed by atoms with van der Waals surface area (Å²) in [5.41, 5.74) is 3.71. The molecule has 0 aliphatic carbocycles. The van der Waals surface area contributed by atoms with Gasteiger partial charge in [0.15, 0.2) is 9.84 Å². The molecule has 0 saturated carbocycles. The highest BCUT2D eigenvalue weighted by atomic mass is 32.2. The van der Waals surface area contributed by atoms with Crippen LogP contribution in [0.5, 0.6) is 0 Å². The van der Waals surface area contributed by atoms with Crippen LogP contribution in [0.15, 0.2) is 18.2 Å². The van der Waals surface area contributed by atoms with E-state index in [2.05, 4.69) is 30.9 Å². The zero-order valence-electron chi connectivity index (χ0n) is 13.7. The Labute approximate surface area is 132 Å². The van der Waals surface area contributed by atoms with Gasteiger partial charge in [-0.2, -0.15) is 0 Å². The maximum Gasteiger partial charge on any atom is 0.240 e. The van der Waals surface area contributed by atoms with Crippen molar-refractivity contribution in [1.82, 2.24) is 4.90 Å². The summed E-state index contributed by atoms with van der Waals surface area (Å²) < 4.78 is 23.1. The minimum atomic E-state index is -3.33. The lowest BCUT2D eigenvalue weighted by Crippen LogP contribution is -2.52. The summed E-state index contributed by atoms with van der Waals surface area (Å²) in [5, 5.41) is -0.959. The van der Waals surface area contributed by atoms with Crippen LogP contribution in [0.25, 0.3) is 0 Å². The molecule has 122 valence electrons. The molecular formula is C16H24N2O3S. The van der Waals surface area contributed by atoms with E-state index in [0.29, 0.717) is 13.1 Å². The Morgan fingerprint density at radius 1 is 1.14 bits per heavy atom. The van der Waals surface area contributed by atoms with Crippen LogP contribution in [0, 0.1) is 13.8 Å². The topological polar surface area (TPSA) is 57.7 Å². The van der Waals surface area contributed by atoms with Gasteiger partial charge in [0.1, 0.15) is 5.25 Å². The van der Waals surface area contributed by atoms with Crippen LogP contribution in [0.3, 0.4) is 0 Å². The molecule has 0 bridgehead atoms. The Morgan fingerprint density at radius 3 is 2.27 bits per heavy atom. The van der Waals surface area contributed by atoms with E-state index < -0.39 is 15.1 Å². The molecule has 0 aromatic heterocycles. The minimum Gasteiger partial charge on any atom is -0.368 e. The third-order valence-electron chi connectivity index (χ3n) is 4.50. The first-order chi connectivity index (χ1) is 10.2. The summed E-state index contributed by atoms with van der Waals surface area (Å²) in [7, 11) is -3.33. The van der Waals surface area contributed by atoms with Crippen LogP contribution in [0.1, 0.15) is 18.1 Å². The lowest BCUT2D eigenvalue weighted by Gasteiger charge is -2.37. The maximum absolute atomic E-state index is 12.2. The van der Waals surface area contributed by atoms with Gasteiger partial charge in [0.05, 0.1) is 0 Å². The molecule has 1 fully saturated rings. The highest BCUT2D eigenvalue weighted by Gasteiger charge is 2.30. The zero-order chi connectivity index (χ0) is 16.5. The van der Waals surface area contributed by atoms with Crippen LogP contribution in [0.4, 0.5) is 5.69 Å². The average Bonchev–Trinajstić information content (AvgIpc) is 2.48. The van der Waals surface area contributed by atoms with Crippen molar-refractivity contribution in [2.24, 2.45) is 0 Å². The number of rotatable bonds is 3. The summed E-state index contributed by atoms with van der Waals surface area (Å²) in [6.45, 7) is 8.24. The first-order valence-electron chi connectivity index (χ1n) is 7.50. The van der Waals surface area contributed by atoms with E-state index in [-0.39, 0.29) is 5.91 Å². The fourth-order valence-electron chi connectivity index (χ4n) is 2.69. The molecule has 2 rings (SSSR count). The molecule has 0 N–H and O–H groups in total. The molecule has 1 atom stereocenters. The second kappa shape index (κ2) is 6.28. The maximum atomic E-state index is 12.2. The van der Waals surface area contributed by atoms with E-state index in [1.807, 2.05) is 6.07 Å². The van der Waals surface area contributed by atoms with Crippen molar-refractivity contribution in [3.05, 3.63) is 29.3 Å². The van der Waals surface area contributed by atoms with Gasteiger partial charge in [0.2, 0.25) is 5.91 Å². The molecule has 22 heavy (non-hydrogen) atoms. The largest absolute Gasteiger partial charge is 0.368 e.